The van der Waals surface area contributed by atoms with Crippen molar-refractivity contribution < 1.29 is 19.1 Å². The Labute approximate surface area is 69.8 Å². The molecule has 12 heavy (non-hydrogen) atoms. The normalized spacial score (nSPS) is 28.3. The zero-order valence-corrected chi connectivity index (χ0v) is 6.78. The fourth-order valence-corrected chi connectivity index (χ4v) is 0.992. The summed E-state index contributed by atoms with van der Waals surface area (Å²) in [6.07, 6.45) is 0.0583. The van der Waals surface area contributed by atoms with E-state index in [1.807, 2.05) is 0 Å². The van der Waals surface area contributed by atoms with Crippen LogP contribution < -0.4 is 5.73 Å². The molecule has 0 amide bonds. The van der Waals surface area contributed by atoms with Crippen LogP contribution in [-0.2, 0) is 19.1 Å². The van der Waals surface area contributed by atoms with Crippen LogP contribution in [0.5, 0.6) is 0 Å². The Kier molecular flexibility index (Phi) is 2.65. The minimum atomic E-state index is -0.564. The van der Waals surface area contributed by atoms with Crippen LogP contribution in [0.25, 0.3) is 0 Å². The van der Waals surface area contributed by atoms with Gasteiger partial charge in [-0.1, -0.05) is 0 Å². The van der Waals surface area contributed by atoms with Gasteiger partial charge in [0.05, 0.1) is 0 Å². The van der Waals surface area contributed by atoms with Crippen LogP contribution in [0.2, 0.25) is 0 Å². The van der Waals surface area contributed by atoms with E-state index >= 15 is 0 Å². The third kappa shape index (κ3) is 2.20. The standard InChI is InChI=1S/C7H11NO4/c1-4(9)11-3-5-2-6(8)7(10)12-5/h5-6H,2-3,8H2,1H3/t5-,6-/m0/s1. The lowest BCUT2D eigenvalue weighted by molar-refractivity contribution is -0.151. The first-order valence-electron chi connectivity index (χ1n) is 3.69. The van der Waals surface area contributed by atoms with E-state index in [0.717, 1.165) is 0 Å². The van der Waals surface area contributed by atoms with Gasteiger partial charge in [0, 0.05) is 13.3 Å². The van der Waals surface area contributed by atoms with Gasteiger partial charge in [0.15, 0.2) is 0 Å². The number of hydrogen-bond donors (Lipinski definition) is 1. The summed E-state index contributed by atoms with van der Waals surface area (Å²) < 4.78 is 9.43. The lowest BCUT2D eigenvalue weighted by Gasteiger charge is -2.07. The molecule has 1 aliphatic heterocycles. The van der Waals surface area contributed by atoms with Crippen molar-refractivity contribution in [3.05, 3.63) is 0 Å². The Morgan fingerprint density at radius 2 is 2.50 bits per heavy atom. The molecule has 2 atom stereocenters. The summed E-state index contributed by atoms with van der Waals surface area (Å²) in [4.78, 5) is 21.1. The zero-order chi connectivity index (χ0) is 9.14. The van der Waals surface area contributed by atoms with Crippen LogP contribution >= 0.6 is 0 Å². The maximum atomic E-state index is 10.7. The molecule has 1 fully saturated rings. The van der Waals surface area contributed by atoms with Crippen molar-refractivity contribution in [3.63, 3.8) is 0 Å². The fraction of sp³-hybridized carbons (Fsp3) is 0.714. The van der Waals surface area contributed by atoms with Crippen LogP contribution in [0.4, 0.5) is 0 Å². The van der Waals surface area contributed by atoms with Gasteiger partial charge < -0.3 is 15.2 Å². The van der Waals surface area contributed by atoms with Crippen molar-refractivity contribution in [1.82, 2.24) is 0 Å². The lowest BCUT2D eigenvalue weighted by atomic mass is 10.2. The molecule has 0 spiro atoms. The molecule has 0 radical (unpaired) electrons. The first-order valence-corrected chi connectivity index (χ1v) is 3.69. The Morgan fingerprint density at radius 3 is 2.92 bits per heavy atom. The molecule has 5 nitrogen and oxygen atoms in total. The molecule has 68 valence electrons. The van der Waals surface area contributed by atoms with Gasteiger partial charge in [0.1, 0.15) is 18.8 Å². The van der Waals surface area contributed by atoms with E-state index in [4.69, 9.17) is 10.5 Å². The van der Waals surface area contributed by atoms with Gasteiger partial charge in [0.2, 0.25) is 0 Å². The molecule has 0 aromatic rings. The van der Waals surface area contributed by atoms with Gasteiger partial charge in [-0.3, -0.25) is 9.59 Å². The van der Waals surface area contributed by atoms with E-state index in [2.05, 4.69) is 4.74 Å². The minimum Gasteiger partial charge on any atom is -0.462 e. The predicted molar refractivity (Wildman–Crippen MR) is 39.1 cm³/mol. The number of hydrogen-bond acceptors (Lipinski definition) is 5. The molecule has 1 rings (SSSR count). The maximum absolute atomic E-state index is 10.7. The van der Waals surface area contributed by atoms with Crippen molar-refractivity contribution in [2.24, 2.45) is 5.73 Å². The Bertz CT molecular complexity index is 204. The monoisotopic (exact) mass is 173 g/mol. The summed E-state index contributed by atoms with van der Waals surface area (Å²) in [6.45, 7) is 1.41. The zero-order valence-electron chi connectivity index (χ0n) is 6.78. The number of carbonyl (C=O) groups is 2. The van der Waals surface area contributed by atoms with E-state index in [1.165, 1.54) is 6.92 Å². The predicted octanol–water partition coefficient (Wildman–Crippen LogP) is -0.808. The summed E-state index contributed by atoms with van der Waals surface area (Å²) in [5.74, 6) is -0.807. The minimum absolute atomic E-state index is 0.106. The van der Waals surface area contributed by atoms with Crippen molar-refractivity contribution in [2.75, 3.05) is 6.61 Å². The van der Waals surface area contributed by atoms with Gasteiger partial charge in [-0.05, 0) is 0 Å². The molecule has 0 aliphatic carbocycles. The van der Waals surface area contributed by atoms with Crippen LogP contribution in [0, 0.1) is 0 Å². The van der Waals surface area contributed by atoms with Crippen molar-refractivity contribution in [1.29, 1.82) is 0 Å². The average Bonchev–Trinajstić information content (AvgIpc) is 2.28. The van der Waals surface area contributed by atoms with Gasteiger partial charge in [-0.25, -0.2) is 0 Å². The number of carbonyl (C=O) groups excluding carboxylic acids is 2. The van der Waals surface area contributed by atoms with Crippen LogP contribution in [0.3, 0.4) is 0 Å². The second-order valence-electron chi connectivity index (χ2n) is 2.70. The van der Waals surface area contributed by atoms with Gasteiger partial charge in [-0.2, -0.15) is 0 Å². The van der Waals surface area contributed by atoms with Crippen molar-refractivity contribution >= 4 is 11.9 Å². The Balaban J connectivity index is 2.28. The molecule has 0 bridgehead atoms. The summed E-state index contributed by atoms with van der Waals surface area (Å²) in [5, 5.41) is 0. The Hall–Kier alpha value is -1.10. The fourth-order valence-electron chi connectivity index (χ4n) is 0.992. The summed E-state index contributed by atoms with van der Waals surface area (Å²) in [6, 6.07) is -0.564. The summed E-state index contributed by atoms with van der Waals surface area (Å²) >= 11 is 0. The van der Waals surface area contributed by atoms with Gasteiger partial charge in [0.25, 0.3) is 0 Å². The molecule has 1 heterocycles. The highest BCUT2D eigenvalue weighted by Crippen LogP contribution is 2.12. The first kappa shape index (κ1) is 8.99. The smallest absolute Gasteiger partial charge is 0.323 e. The number of ether oxygens (including phenoxy) is 2. The van der Waals surface area contributed by atoms with E-state index < -0.39 is 12.0 Å². The largest absolute Gasteiger partial charge is 0.462 e. The molecule has 1 saturated heterocycles. The second kappa shape index (κ2) is 3.53. The SMILES string of the molecule is CC(=O)OC[C@@H]1C[C@H](N)C(=O)O1. The lowest BCUT2D eigenvalue weighted by Crippen LogP contribution is -2.24. The van der Waals surface area contributed by atoms with Crippen LogP contribution in [0.1, 0.15) is 13.3 Å². The summed E-state index contributed by atoms with van der Waals surface area (Å²) in [7, 11) is 0. The molecule has 1 aliphatic rings. The van der Waals surface area contributed by atoms with Crippen molar-refractivity contribution in [2.45, 2.75) is 25.5 Å². The third-order valence-corrected chi connectivity index (χ3v) is 1.57. The number of rotatable bonds is 2. The molecule has 0 saturated carbocycles. The average molecular weight is 173 g/mol. The molecule has 0 aromatic carbocycles. The quantitative estimate of drug-likeness (QED) is 0.552. The topological polar surface area (TPSA) is 78.6 Å². The number of cyclic esters (lactones) is 1. The molecular formula is C7H11NO4. The first-order chi connectivity index (χ1) is 5.59. The molecule has 5 heteroatoms. The van der Waals surface area contributed by atoms with Crippen LogP contribution in [0.15, 0.2) is 0 Å². The van der Waals surface area contributed by atoms with E-state index in [1.54, 1.807) is 0 Å². The number of nitrogens with two attached hydrogens (primary N) is 1. The highest BCUT2D eigenvalue weighted by Gasteiger charge is 2.31. The van der Waals surface area contributed by atoms with E-state index in [0.29, 0.717) is 6.42 Å². The molecule has 0 aromatic heterocycles. The van der Waals surface area contributed by atoms with E-state index in [9.17, 15) is 9.59 Å². The Morgan fingerprint density at radius 1 is 1.83 bits per heavy atom. The van der Waals surface area contributed by atoms with Crippen LogP contribution in [-0.4, -0.2) is 30.7 Å². The second-order valence-corrected chi connectivity index (χ2v) is 2.70. The maximum Gasteiger partial charge on any atom is 0.323 e. The molecule has 0 unspecified atom stereocenters. The van der Waals surface area contributed by atoms with Gasteiger partial charge in [-0.15, -0.1) is 0 Å². The molecule has 2 N–H and O–H groups in total. The van der Waals surface area contributed by atoms with Crippen molar-refractivity contribution in [3.8, 4) is 0 Å². The highest BCUT2D eigenvalue weighted by molar-refractivity contribution is 5.77. The third-order valence-electron chi connectivity index (χ3n) is 1.57. The highest BCUT2D eigenvalue weighted by atomic mass is 16.6. The summed E-state index contributed by atoms with van der Waals surface area (Å²) in [5.41, 5.74) is 5.36. The van der Waals surface area contributed by atoms with E-state index in [-0.39, 0.29) is 18.7 Å². The molecular weight excluding hydrogens is 162 g/mol. The van der Waals surface area contributed by atoms with Gasteiger partial charge >= 0.3 is 11.9 Å². The number of esters is 2.